The first-order valence-corrected chi connectivity index (χ1v) is 10.5. The zero-order chi connectivity index (χ0) is 20.9. The molecule has 1 N–H and O–H groups in total. The standard InChI is InChI=1S/C21H21N5O3S/c1-3-17(29-16-8-6-5-7-9-16)19(27)22-20-25-26-18(23-24-21(26)30-20)14-10-12-15(13-11-14)28-4-2/h5-13,17H,3-4H2,1-2H3,(H,22,25,27)/t17-/m1/s1. The molecule has 2 aromatic heterocycles. The zero-order valence-electron chi connectivity index (χ0n) is 16.6. The van der Waals surface area contributed by atoms with Crippen LogP contribution in [-0.4, -0.2) is 38.4 Å². The largest absolute Gasteiger partial charge is 0.494 e. The molecule has 8 nitrogen and oxygen atoms in total. The third kappa shape index (κ3) is 4.25. The maximum absolute atomic E-state index is 12.7. The number of aromatic nitrogens is 4. The highest BCUT2D eigenvalue weighted by molar-refractivity contribution is 7.20. The fourth-order valence-corrected chi connectivity index (χ4v) is 3.63. The quantitative estimate of drug-likeness (QED) is 0.460. The Balaban J connectivity index is 1.50. The molecule has 1 amide bonds. The fraction of sp³-hybridized carbons (Fsp3) is 0.238. The summed E-state index contributed by atoms with van der Waals surface area (Å²) in [5, 5.41) is 16.1. The van der Waals surface area contributed by atoms with E-state index in [1.165, 1.54) is 11.3 Å². The Morgan fingerprint density at radius 3 is 2.53 bits per heavy atom. The molecule has 0 bridgehead atoms. The molecule has 2 heterocycles. The lowest BCUT2D eigenvalue weighted by molar-refractivity contribution is -0.122. The summed E-state index contributed by atoms with van der Waals surface area (Å²) in [5.74, 6) is 1.78. The van der Waals surface area contributed by atoms with Crippen LogP contribution in [0.2, 0.25) is 0 Å². The minimum atomic E-state index is -0.618. The number of hydrogen-bond donors (Lipinski definition) is 1. The molecule has 9 heteroatoms. The Hall–Kier alpha value is -3.46. The van der Waals surface area contributed by atoms with Crippen molar-refractivity contribution in [2.45, 2.75) is 26.4 Å². The average Bonchev–Trinajstić information content (AvgIpc) is 3.34. The van der Waals surface area contributed by atoms with Gasteiger partial charge in [-0.25, -0.2) is 0 Å². The number of hydrogen-bond acceptors (Lipinski definition) is 7. The van der Waals surface area contributed by atoms with Crippen molar-refractivity contribution in [1.29, 1.82) is 0 Å². The van der Waals surface area contributed by atoms with Crippen molar-refractivity contribution in [1.82, 2.24) is 19.8 Å². The predicted molar refractivity (Wildman–Crippen MR) is 115 cm³/mol. The molecule has 1 atom stereocenters. The van der Waals surface area contributed by atoms with E-state index in [9.17, 15) is 4.79 Å². The summed E-state index contributed by atoms with van der Waals surface area (Å²) >= 11 is 1.25. The molecule has 0 fully saturated rings. The van der Waals surface area contributed by atoms with Crippen LogP contribution in [0.1, 0.15) is 20.3 Å². The number of rotatable bonds is 8. The highest BCUT2D eigenvalue weighted by Gasteiger charge is 2.21. The SMILES string of the molecule is CCOc1ccc(-c2nnc3sc(NC(=O)[C@@H](CC)Oc4ccccc4)nn23)cc1. The molecule has 0 aliphatic heterocycles. The van der Waals surface area contributed by atoms with Crippen molar-refractivity contribution in [3.8, 4) is 22.9 Å². The average molecular weight is 423 g/mol. The third-order valence-electron chi connectivity index (χ3n) is 4.33. The van der Waals surface area contributed by atoms with E-state index in [1.807, 2.05) is 68.4 Å². The summed E-state index contributed by atoms with van der Waals surface area (Å²) in [4.78, 5) is 13.3. The van der Waals surface area contributed by atoms with Crippen LogP contribution >= 0.6 is 11.3 Å². The lowest BCUT2D eigenvalue weighted by Crippen LogP contribution is -2.32. The smallest absolute Gasteiger partial charge is 0.267 e. The molecule has 0 saturated heterocycles. The number of nitrogens with one attached hydrogen (secondary N) is 1. The van der Waals surface area contributed by atoms with Crippen LogP contribution in [0, 0.1) is 0 Å². The molecule has 0 saturated carbocycles. The van der Waals surface area contributed by atoms with Crippen LogP contribution in [0.15, 0.2) is 54.6 Å². The Kier molecular flexibility index (Phi) is 5.89. The second-order valence-electron chi connectivity index (χ2n) is 6.40. The predicted octanol–water partition coefficient (Wildman–Crippen LogP) is 4.05. The van der Waals surface area contributed by atoms with E-state index in [2.05, 4.69) is 20.6 Å². The van der Waals surface area contributed by atoms with Gasteiger partial charge in [-0.3, -0.25) is 10.1 Å². The number of fused-ring (bicyclic) bond motifs is 1. The van der Waals surface area contributed by atoms with E-state index in [-0.39, 0.29) is 5.91 Å². The van der Waals surface area contributed by atoms with E-state index in [1.54, 1.807) is 4.52 Å². The van der Waals surface area contributed by atoms with Crippen LogP contribution in [0.25, 0.3) is 16.3 Å². The summed E-state index contributed by atoms with van der Waals surface area (Å²) in [5.41, 5.74) is 0.855. The third-order valence-corrected chi connectivity index (χ3v) is 5.14. The van der Waals surface area contributed by atoms with E-state index >= 15 is 0 Å². The van der Waals surface area contributed by atoms with Gasteiger partial charge in [-0.2, -0.15) is 4.52 Å². The van der Waals surface area contributed by atoms with Crippen molar-refractivity contribution in [3.05, 3.63) is 54.6 Å². The lowest BCUT2D eigenvalue weighted by Gasteiger charge is -2.16. The van der Waals surface area contributed by atoms with Crippen molar-refractivity contribution < 1.29 is 14.3 Å². The van der Waals surface area contributed by atoms with Gasteiger partial charge in [-0.15, -0.1) is 15.3 Å². The first kappa shape index (κ1) is 19.8. The van der Waals surface area contributed by atoms with Crippen LogP contribution in [0.3, 0.4) is 0 Å². The monoisotopic (exact) mass is 423 g/mol. The molecule has 0 spiro atoms. The molecule has 2 aromatic carbocycles. The van der Waals surface area contributed by atoms with E-state index < -0.39 is 6.10 Å². The van der Waals surface area contributed by atoms with Crippen LogP contribution in [0.4, 0.5) is 5.13 Å². The Morgan fingerprint density at radius 1 is 1.07 bits per heavy atom. The van der Waals surface area contributed by atoms with Gasteiger partial charge in [0.15, 0.2) is 11.9 Å². The van der Waals surface area contributed by atoms with Gasteiger partial charge in [0.05, 0.1) is 6.61 Å². The molecule has 0 aliphatic carbocycles. The maximum Gasteiger partial charge on any atom is 0.267 e. The maximum atomic E-state index is 12.7. The second-order valence-corrected chi connectivity index (χ2v) is 7.36. The molecule has 154 valence electrons. The van der Waals surface area contributed by atoms with E-state index in [0.717, 1.165) is 11.3 Å². The van der Waals surface area contributed by atoms with Crippen molar-refractivity contribution in [3.63, 3.8) is 0 Å². The molecule has 4 aromatic rings. The van der Waals surface area contributed by atoms with Gasteiger partial charge in [-0.05, 0) is 49.7 Å². The van der Waals surface area contributed by atoms with E-state index in [4.69, 9.17) is 9.47 Å². The van der Waals surface area contributed by atoms with Gasteiger partial charge in [0, 0.05) is 5.56 Å². The Bertz CT molecular complexity index is 1120. The van der Waals surface area contributed by atoms with Crippen LogP contribution < -0.4 is 14.8 Å². The molecule has 0 aliphatic rings. The number of benzene rings is 2. The summed E-state index contributed by atoms with van der Waals surface area (Å²) in [7, 11) is 0. The van der Waals surface area contributed by atoms with E-state index in [0.29, 0.717) is 34.7 Å². The molecule has 0 unspecified atom stereocenters. The summed E-state index contributed by atoms with van der Waals surface area (Å²) in [6.45, 7) is 4.45. The first-order chi connectivity index (χ1) is 14.7. The summed E-state index contributed by atoms with van der Waals surface area (Å²) < 4.78 is 12.9. The van der Waals surface area contributed by atoms with Crippen molar-refractivity contribution >= 4 is 27.3 Å². The number of nitrogens with zero attached hydrogens (tertiary/aromatic N) is 4. The van der Waals surface area contributed by atoms with Crippen molar-refractivity contribution in [2.24, 2.45) is 0 Å². The number of carbonyl (C=O) groups excluding carboxylic acids is 1. The zero-order valence-corrected chi connectivity index (χ0v) is 17.4. The molecular weight excluding hydrogens is 402 g/mol. The number of amides is 1. The molecular formula is C21H21N5O3S. The number of anilines is 1. The van der Waals surface area contributed by atoms with Gasteiger partial charge in [0.1, 0.15) is 11.5 Å². The normalized spacial score (nSPS) is 11.9. The van der Waals surface area contributed by atoms with Gasteiger partial charge in [-0.1, -0.05) is 36.5 Å². The Labute approximate surface area is 177 Å². The summed E-state index contributed by atoms with van der Waals surface area (Å²) in [6.07, 6.45) is -0.0882. The molecule has 4 rings (SSSR count). The lowest BCUT2D eigenvalue weighted by atomic mass is 10.2. The number of ether oxygens (including phenoxy) is 2. The second kappa shape index (κ2) is 8.91. The van der Waals surface area contributed by atoms with Gasteiger partial charge in [0.2, 0.25) is 10.1 Å². The van der Waals surface area contributed by atoms with Gasteiger partial charge >= 0.3 is 0 Å². The minimum Gasteiger partial charge on any atom is -0.494 e. The van der Waals surface area contributed by atoms with Crippen LogP contribution in [-0.2, 0) is 4.79 Å². The first-order valence-electron chi connectivity index (χ1n) is 9.66. The highest BCUT2D eigenvalue weighted by atomic mass is 32.1. The topological polar surface area (TPSA) is 90.6 Å². The minimum absolute atomic E-state index is 0.256. The highest BCUT2D eigenvalue weighted by Crippen LogP contribution is 2.26. The summed E-state index contributed by atoms with van der Waals surface area (Å²) in [6, 6.07) is 16.8. The Morgan fingerprint density at radius 2 is 1.83 bits per heavy atom. The number of para-hydroxylation sites is 1. The molecule has 0 radical (unpaired) electrons. The fourth-order valence-electron chi connectivity index (χ4n) is 2.89. The van der Waals surface area contributed by atoms with Gasteiger partial charge in [0.25, 0.3) is 5.91 Å². The van der Waals surface area contributed by atoms with Gasteiger partial charge < -0.3 is 9.47 Å². The van der Waals surface area contributed by atoms with Crippen molar-refractivity contribution in [2.75, 3.05) is 11.9 Å². The molecule has 30 heavy (non-hydrogen) atoms. The van der Waals surface area contributed by atoms with Crippen LogP contribution in [0.5, 0.6) is 11.5 Å². The number of carbonyl (C=O) groups is 1.